The van der Waals surface area contributed by atoms with E-state index in [1.165, 1.54) is 12.8 Å². The van der Waals surface area contributed by atoms with Crippen LogP contribution in [0, 0.1) is 12.8 Å². The van der Waals surface area contributed by atoms with Gasteiger partial charge in [0.05, 0.1) is 5.52 Å². The van der Waals surface area contributed by atoms with Gasteiger partial charge < -0.3 is 16.0 Å². The van der Waals surface area contributed by atoms with Crippen molar-refractivity contribution in [3.05, 3.63) is 65.9 Å². The summed E-state index contributed by atoms with van der Waals surface area (Å²) in [7, 11) is 0. The van der Waals surface area contributed by atoms with Gasteiger partial charge >= 0.3 is 0 Å². The van der Waals surface area contributed by atoms with Crippen molar-refractivity contribution in [3.8, 4) is 0 Å². The summed E-state index contributed by atoms with van der Waals surface area (Å²) >= 11 is 0. The van der Waals surface area contributed by atoms with Crippen LogP contribution in [0.4, 0.5) is 11.4 Å². The maximum Gasteiger partial charge on any atom is 0.251 e. The number of aryl methyl sites for hydroxylation is 1. The number of aromatic nitrogens is 1. The highest BCUT2D eigenvalue weighted by molar-refractivity contribution is 5.96. The second kappa shape index (κ2) is 8.40. The van der Waals surface area contributed by atoms with Crippen LogP contribution in [-0.2, 0) is 0 Å². The first kappa shape index (κ1) is 18.4. The molecule has 144 valence electrons. The number of benzene rings is 2. The number of anilines is 2. The van der Waals surface area contributed by atoms with Gasteiger partial charge in [-0.15, -0.1) is 0 Å². The van der Waals surface area contributed by atoms with E-state index in [0.29, 0.717) is 12.1 Å². The van der Waals surface area contributed by atoms with Gasteiger partial charge in [0.2, 0.25) is 0 Å². The predicted octanol–water partition coefficient (Wildman–Crippen LogP) is 4.02. The molecule has 1 amide bonds. The zero-order valence-electron chi connectivity index (χ0n) is 16.2. The summed E-state index contributed by atoms with van der Waals surface area (Å²) in [6, 6.07) is 17.7. The number of nitrogens with one attached hydrogen (secondary N) is 3. The first-order valence-corrected chi connectivity index (χ1v) is 9.91. The Morgan fingerprint density at radius 3 is 2.79 bits per heavy atom. The van der Waals surface area contributed by atoms with E-state index in [-0.39, 0.29) is 5.91 Å². The largest absolute Gasteiger partial charge is 0.355 e. The number of amides is 1. The molecule has 0 atom stereocenters. The molecule has 3 N–H and O–H groups in total. The highest BCUT2D eigenvalue weighted by Gasteiger charge is 2.19. The highest BCUT2D eigenvalue weighted by Crippen LogP contribution is 2.27. The Hall–Kier alpha value is -2.92. The van der Waals surface area contributed by atoms with E-state index in [0.717, 1.165) is 47.0 Å². The fourth-order valence-electron chi connectivity index (χ4n) is 3.30. The fraction of sp³-hybridized carbons (Fsp3) is 0.304. The third-order valence-corrected chi connectivity index (χ3v) is 4.97. The van der Waals surface area contributed by atoms with Gasteiger partial charge in [-0.3, -0.25) is 9.78 Å². The number of fused-ring (bicyclic) bond motifs is 1. The summed E-state index contributed by atoms with van der Waals surface area (Å²) in [6.07, 6.45) is 2.68. The number of pyridine rings is 1. The molecule has 1 heterocycles. The first-order valence-electron chi connectivity index (χ1n) is 9.91. The number of carbonyl (C=O) groups excluding carboxylic acids is 1. The lowest BCUT2D eigenvalue weighted by Crippen LogP contribution is -2.32. The summed E-state index contributed by atoms with van der Waals surface area (Å²) in [5.74, 6) is 0.805. The lowest BCUT2D eigenvalue weighted by molar-refractivity contribution is 0.0954. The van der Waals surface area contributed by atoms with Crippen molar-refractivity contribution in [3.63, 3.8) is 0 Å². The van der Waals surface area contributed by atoms with E-state index in [2.05, 4.69) is 27.0 Å². The number of rotatable bonds is 8. The molecule has 1 saturated carbocycles. The van der Waals surface area contributed by atoms with Crippen LogP contribution < -0.4 is 16.0 Å². The Bertz CT molecular complexity index is 981. The second-order valence-corrected chi connectivity index (χ2v) is 7.44. The van der Waals surface area contributed by atoms with Crippen molar-refractivity contribution in [2.75, 3.05) is 25.0 Å². The molecule has 1 aliphatic rings. The van der Waals surface area contributed by atoms with Crippen molar-refractivity contribution in [1.82, 2.24) is 15.6 Å². The zero-order chi connectivity index (χ0) is 19.3. The van der Waals surface area contributed by atoms with Gasteiger partial charge in [0.25, 0.3) is 5.91 Å². The van der Waals surface area contributed by atoms with Gasteiger partial charge in [0.1, 0.15) is 0 Å². The molecule has 4 rings (SSSR count). The molecule has 1 fully saturated rings. The quantitative estimate of drug-likeness (QED) is 0.521. The van der Waals surface area contributed by atoms with E-state index in [4.69, 9.17) is 0 Å². The van der Waals surface area contributed by atoms with Crippen molar-refractivity contribution >= 4 is 28.2 Å². The molecule has 0 unspecified atom stereocenters. The lowest BCUT2D eigenvalue weighted by Gasteiger charge is -2.12. The summed E-state index contributed by atoms with van der Waals surface area (Å²) in [5.41, 5.74) is 4.44. The standard InChI is InChI=1S/C23H26N4O/c1-16-13-22(20-7-2-3-8-21(20)26-16)27-19-6-4-5-18(14-19)23(28)25-12-11-24-15-17-9-10-17/h2-8,13-14,17,24H,9-12,15H2,1H3,(H,25,28)(H,26,27). The third kappa shape index (κ3) is 4.67. The Labute approximate surface area is 165 Å². The minimum absolute atomic E-state index is 0.0485. The van der Waals surface area contributed by atoms with Crippen LogP contribution in [-0.4, -0.2) is 30.5 Å². The van der Waals surface area contributed by atoms with E-state index < -0.39 is 0 Å². The summed E-state index contributed by atoms with van der Waals surface area (Å²) in [6.45, 7) is 4.49. The number of para-hydroxylation sites is 1. The minimum atomic E-state index is -0.0485. The normalized spacial score (nSPS) is 13.5. The van der Waals surface area contributed by atoms with Gasteiger partial charge in [-0.05, 0) is 62.6 Å². The molecule has 5 nitrogen and oxygen atoms in total. The van der Waals surface area contributed by atoms with E-state index in [1.54, 1.807) is 0 Å². The number of hydrogen-bond acceptors (Lipinski definition) is 4. The zero-order valence-corrected chi connectivity index (χ0v) is 16.2. The molecule has 0 spiro atoms. The average molecular weight is 374 g/mol. The van der Waals surface area contributed by atoms with Crippen LogP contribution in [0.5, 0.6) is 0 Å². The number of nitrogens with zero attached hydrogens (tertiary/aromatic N) is 1. The number of carbonyl (C=O) groups is 1. The molecule has 1 aliphatic carbocycles. The molecule has 0 bridgehead atoms. The Kier molecular flexibility index (Phi) is 5.53. The predicted molar refractivity (Wildman–Crippen MR) is 114 cm³/mol. The molecule has 0 aliphatic heterocycles. The van der Waals surface area contributed by atoms with Crippen LogP contribution in [0.15, 0.2) is 54.6 Å². The summed E-state index contributed by atoms with van der Waals surface area (Å²) in [4.78, 5) is 17.0. The van der Waals surface area contributed by atoms with Gasteiger partial charge in [0, 0.05) is 41.1 Å². The van der Waals surface area contributed by atoms with Crippen LogP contribution in [0.2, 0.25) is 0 Å². The molecule has 2 aromatic carbocycles. The van der Waals surface area contributed by atoms with Crippen LogP contribution in [0.25, 0.3) is 10.9 Å². The second-order valence-electron chi connectivity index (χ2n) is 7.44. The maximum atomic E-state index is 12.4. The lowest BCUT2D eigenvalue weighted by atomic mass is 10.1. The van der Waals surface area contributed by atoms with Crippen LogP contribution >= 0.6 is 0 Å². The topological polar surface area (TPSA) is 66.1 Å². The van der Waals surface area contributed by atoms with E-state index >= 15 is 0 Å². The number of hydrogen-bond donors (Lipinski definition) is 3. The molecule has 3 aromatic rings. The Balaban J connectivity index is 1.41. The summed E-state index contributed by atoms with van der Waals surface area (Å²) in [5, 5.41) is 10.9. The SMILES string of the molecule is Cc1cc(Nc2cccc(C(=O)NCCNCC3CC3)c2)c2ccccc2n1. The van der Waals surface area contributed by atoms with Gasteiger partial charge in [-0.25, -0.2) is 0 Å². The van der Waals surface area contributed by atoms with Crippen molar-refractivity contribution < 1.29 is 4.79 Å². The van der Waals surface area contributed by atoms with Crippen LogP contribution in [0.1, 0.15) is 28.9 Å². The molecule has 1 aromatic heterocycles. The Morgan fingerprint density at radius 2 is 1.93 bits per heavy atom. The maximum absolute atomic E-state index is 12.4. The van der Waals surface area contributed by atoms with Gasteiger partial charge in [-0.2, -0.15) is 0 Å². The van der Waals surface area contributed by atoms with Crippen molar-refractivity contribution in [2.45, 2.75) is 19.8 Å². The van der Waals surface area contributed by atoms with Gasteiger partial charge in [-0.1, -0.05) is 24.3 Å². The Morgan fingerprint density at radius 1 is 1.07 bits per heavy atom. The molecule has 28 heavy (non-hydrogen) atoms. The smallest absolute Gasteiger partial charge is 0.251 e. The molecule has 0 radical (unpaired) electrons. The van der Waals surface area contributed by atoms with Gasteiger partial charge in [0.15, 0.2) is 0 Å². The summed E-state index contributed by atoms with van der Waals surface area (Å²) < 4.78 is 0. The van der Waals surface area contributed by atoms with E-state index in [9.17, 15) is 4.79 Å². The average Bonchev–Trinajstić information content (AvgIpc) is 3.52. The molecule has 0 saturated heterocycles. The fourth-order valence-corrected chi connectivity index (χ4v) is 3.30. The molecular formula is C23H26N4O. The van der Waals surface area contributed by atoms with E-state index in [1.807, 2.05) is 55.5 Å². The third-order valence-electron chi connectivity index (χ3n) is 4.97. The van der Waals surface area contributed by atoms with Crippen LogP contribution in [0.3, 0.4) is 0 Å². The molecule has 5 heteroatoms. The minimum Gasteiger partial charge on any atom is -0.355 e. The molecular weight excluding hydrogens is 348 g/mol. The van der Waals surface area contributed by atoms with Crippen molar-refractivity contribution in [1.29, 1.82) is 0 Å². The monoisotopic (exact) mass is 374 g/mol. The first-order chi connectivity index (χ1) is 13.7. The highest BCUT2D eigenvalue weighted by atomic mass is 16.1. The van der Waals surface area contributed by atoms with Crippen molar-refractivity contribution in [2.24, 2.45) is 5.92 Å².